The van der Waals surface area contributed by atoms with Gasteiger partial charge in [0.15, 0.2) is 0 Å². The van der Waals surface area contributed by atoms with Crippen molar-refractivity contribution in [2.75, 3.05) is 6.54 Å². The molecule has 2 aliphatic carbocycles. The fourth-order valence-corrected chi connectivity index (χ4v) is 7.07. The van der Waals surface area contributed by atoms with Crippen molar-refractivity contribution in [1.82, 2.24) is 25.2 Å². The zero-order chi connectivity index (χ0) is 32.0. The first-order valence-electron chi connectivity index (χ1n) is 14.3. The number of rotatable bonds is 10. The molecule has 0 aromatic heterocycles. The van der Waals surface area contributed by atoms with Gasteiger partial charge < -0.3 is 20.3 Å². The Balaban J connectivity index is 1.32. The van der Waals surface area contributed by atoms with Crippen LogP contribution < -0.4 is 15.4 Å². The molecule has 13 nitrogen and oxygen atoms in total. The van der Waals surface area contributed by atoms with Crippen LogP contribution in [0.5, 0.6) is 0 Å². The molecule has 1 saturated heterocycles. The van der Waals surface area contributed by atoms with Crippen LogP contribution in [0.15, 0.2) is 43.5 Å². The Bertz CT molecular complexity index is 1550. The highest BCUT2D eigenvalue weighted by atomic mass is 32.2. The Kier molecular flexibility index (Phi) is 8.27. The minimum absolute atomic E-state index is 0.00488. The molecule has 0 bridgehead atoms. The molecule has 3 N–H and O–H groups in total. The highest BCUT2D eigenvalue weighted by molar-refractivity contribution is 7.91. The van der Waals surface area contributed by atoms with Gasteiger partial charge >= 0.3 is 6.09 Å². The Morgan fingerprint density at radius 2 is 1.89 bits per heavy atom. The summed E-state index contributed by atoms with van der Waals surface area (Å²) in [6, 6.07) is 2.24. The van der Waals surface area contributed by atoms with Gasteiger partial charge in [-0.1, -0.05) is 24.8 Å². The van der Waals surface area contributed by atoms with E-state index in [1.807, 2.05) is 0 Å². The van der Waals surface area contributed by atoms with Crippen molar-refractivity contribution < 1.29 is 41.5 Å². The number of sulfonamides is 1. The first-order valence-corrected chi connectivity index (χ1v) is 15.8. The second-order valence-corrected chi connectivity index (χ2v) is 13.6. The van der Waals surface area contributed by atoms with Gasteiger partial charge in [-0.3, -0.25) is 28.8 Å². The maximum atomic E-state index is 14.2. The fraction of sp³-hybridized carbons (Fsp3) is 0.483. The summed E-state index contributed by atoms with van der Waals surface area (Å²) in [5.74, 6) is -3.92. The number of nitrogens with one attached hydrogen (secondary N) is 3. The van der Waals surface area contributed by atoms with Crippen molar-refractivity contribution >= 4 is 39.7 Å². The number of carbonyl (C=O) groups excluding carboxylic acids is 5. The van der Waals surface area contributed by atoms with Gasteiger partial charge in [0, 0.05) is 24.4 Å². The average Bonchev–Trinajstić information content (AvgIpc) is 3.87. The van der Waals surface area contributed by atoms with Crippen LogP contribution in [0.2, 0.25) is 0 Å². The standard InChI is InChI=1S/C29H34FN5O8S/c1-4-18-12-29(18,27(39)33-44(41,42)20-9-10-20)32-25(37)23-11-19(14-35(23)26(38)16(3)31-24(36)5-2)43-28(40)34-13-17-7-6-8-22(30)21(17)15-34/h4-8,16,18-20,23H,1-2,9-15H2,3H3,(H,31,36)(H,32,37)(H,33,39)/t16-,18-,19-,23?,29-/m1/s1. The van der Waals surface area contributed by atoms with E-state index in [-0.39, 0.29) is 32.5 Å². The van der Waals surface area contributed by atoms with Crippen LogP contribution in [0.25, 0.3) is 0 Å². The van der Waals surface area contributed by atoms with Crippen LogP contribution >= 0.6 is 0 Å². The number of benzene rings is 1. The van der Waals surface area contributed by atoms with E-state index < -0.39 is 80.5 Å². The second kappa shape index (κ2) is 11.7. The topological polar surface area (TPSA) is 171 Å². The molecule has 3 fully saturated rings. The number of halogens is 1. The number of likely N-dealkylation sites (tertiary alicyclic amines) is 1. The van der Waals surface area contributed by atoms with E-state index >= 15 is 0 Å². The van der Waals surface area contributed by atoms with Crippen molar-refractivity contribution in [3.05, 3.63) is 60.5 Å². The summed E-state index contributed by atoms with van der Waals surface area (Å²) in [7, 11) is -3.90. The van der Waals surface area contributed by atoms with Gasteiger partial charge in [0.05, 0.1) is 18.3 Å². The van der Waals surface area contributed by atoms with Gasteiger partial charge in [0.1, 0.15) is 29.5 Å². The number of amides is 5. The van der Waals surface area contributed by atoms with Crippen LogP contribution in [0.4, 0.5) is 9.18 Å². The Morgan fingerprint density at radius 1 is 1.16 bits per heavy atom. The summed E-state index contributed by atoms with van der Waals surface area (Å²) in [6.07, 6.45) is 1.55. The first-order chi connectivity index (χ1) is 20.8. The molecule has 5 amide bonds. The van der Waals surface area contributed by atoms with Gasteiger partial charge in [-0.15, -0.1) is 6.58 Å². The SMILES string of the molecule is C=CC(=O)N[C@H](C)C(=O)N1C[C@H](OC(=O)N2Cc3cccc(F)c3C2)CC1C(=O)N[C@]1(C(=O)NS(=O)(=O)C2CC2)C[C@H]1C=C. The van der Waals surface area contributed by atoms with Crippen LogP contribution in [-0.2, 0) is 47.0 Å². The quantitative estimate of drug-likeness (QED) is 0.249. The van der Waals surface area contributed by atoms with Crippen molar-refractivity contribution in [2.45, 2.75) is 74.7 Å². The van der Waals surface area contributed by atoms with E-state index in [0.717, 1.165) is 11.0 Å². The zero-order valence-electron chi connectivity index (χ0n) is 24.1. The number of ether oxygens (including phenoxy) is 1. The molecule has 0 spiro atoms. The van der Waals surface area contributed by atoms with Crippen LogP contribution in [0.1, 0.15) is 43.7 Å². The molecule has 1 unspecified atom stereocenters. The van der Waals surface area contributed by atoms with Gasteiger partial charge in [0.2, 0.25) is 27.7 Å². The summed E-state index contributed by atoms with van der Waals surface area (Å²) in [5, 5.41) is 4.42. The molecule has 15 heteroatoms. The lowest BCUT2D eigenvalue weighted by molar-refractivity contribution is -0.141. The minimum atomic E-state index is -3.90. The number of fused-ring (bicyclic) bond motifs is 1. The minimum Gasteiger partial charge on any atom is -0.444 e. The van der Waals surface area contributed by atoms with Crippen LogP contribution in [0.3, 0.4) is 0 Å². The smallest absolute Gasteiger partial charge is 0.410 e. The van der Waals surface area contributed by atoms with Gasteiger partial charge in [-0.25, -0.2) is 17.6 Å². The summed E-state index contributed by atoms with van der Waals surface area (Å²) in [4.78, 5) is 67.6. The van der Waals surface area contributed by atoms with Crippen molar-refractivity contribution in [1.29, 1.82) is 0 Å². The van der Waals surface area contributed by atoms with E-state index in [0.29, 0.717) is 24.0 Å². The molecule has 2 heterocycles. The fourth-order valence-electron chi connectivity index (χ4n) is 5.70. The molecular weight excluding hydrogens is 597 g/mol. The molecule has 2 saturated carbocycles. The Labute approximate surface area is 253 Å². The third-order valence-electron chi connectivity index (χ3n) is 8.46. The third kappa shape index (κ3) is 6.05. The average molecular weight is 632 g/mol. The monoisotopic (exact) mass is 631 g/mol. The Hall–Kier alpha value is -4.27. The van der Waals surface area contributed by atoms with E-state index in [2.05, 4.69) is 28.5 Å². The van der Waals surface area contributed by atoms with E-state index in [1.54, 1.807) is 12.1 Å². The number of hydrogen-bond acceptors (Lipinski definition) is 8. The summed E-state index contributed by atoms with van der Waals surface area (Å²) < 4.78 is 46.8. The van der Waals surface area contributed by atoms with Crippen molar-refractivity contribution in [3.63, 3.8) is 0 Å². The predicted octanol–water partition coefficient (Wildman–Crippen LogP) is 0.607. The molecule has 2 aliphatic heterocycles. The van der Waals surface area contributed by atoms with Gasteiger partial charge in [-0.05, 0) is 43.9 Å². The molecule has 5 rings (SSSR count). The molecule has 4 aliphatic rings. The number of hydrogen-bond donors (Lipinski definition) is 3. The highest BCUT2D eigenvalue weighted by Gasteiger charge is 2.62. The number of carbonyl (C=O) groups is 5. The molecule has 1 aromatic rings. The zero-order valence-corrected chi connectivity index (χ0v) is 24.9. The summed E-state index contributed by atoms with van der Waals surface area (Å²) in [5.41, 5.74) is -0.564. The van der Waals surface area contributed by atoms with E-state index in [9.17, 15) is 36.8 Å². The second-order valence-electron chi connectivity index (χ2n) is 11.6. The lowest BCUT2D eigenvalue weighted by Gasteiger charge is -2.28. The van der Waals surface area contributed by atoms with E-state index in [1.165, 1.54) is 24.0 Å². The highest BCUT2D eigenvalue weighted by Crippen LogP contribution is 2.45. The predicted molar refractivity (Wildman–Crippen MR) is 153 cm³/mol. The lowest BCUT2D eigenvalue weighted by atomic mass is 10.1. The third-order valence-corrected chi connectivity index (χ3v) is 10.3. The van der Waals surface area contributed by atoms with Crippen molar-refractivity contribution in [3.8, 4) is 0 Å². The number of nitrogens with zero attached hydrogens (tertiary/aromatic N) is 2. The molecule has 1 aromatic carbocycles. The normalized spacial score (nSPS) is 26.2. The van der Waals surface area contributed by atoms with Crippen molar-refractivity contribution in [2.24, 2.45) is 5.92 Å². The first kappa shape index (κ1) is 31.2. The maximum Gasteiger partial charge on any atom is 0.410 e. The summed E-state index contributed by atoms with van der Waals surface area (Å²) in [6.45, 7) is 8.37. The van der Waals surface area contributed by atoms with E-state index in [4.69, 9.17) is 4.74 Å². The molecule has 5 atom stereocenters. The molecule has 44 heavy (non-hydrogen) atoms. The largest absolute Gasteiger partial charge is 0.444 e. The lowest BCUT2D eigenvalue weighted by Crippen LogP contribution is -2.58. The Morgan fingerprint density at radius 3 is 2.50 bits per heavy atom. The molecule has 0 radical (unpaired) electrons. The van der Waals surface area contributed by atoms with Gasteiger partial charge in [0.25, 0.3) is 5.91 Å². The van der Waals surface area contributed by atoms with Gasteiger partial charge in [-0.2, -0.15) is 0 Å². The van der Waals surface area contributed by atoms with Crippen LogP contribution in [0, 0.1) is 11.7 Å². The molecule has 236 valence electrons. The molecular formula is C29H34FN5O8S. The maximum absolute atomic E-state index is 14.2. The van der Waals surface area contributed by atoms with Crippen LogP contribution in [-0.4, -0.2) is 83.5 Å². The summed E-state index contributed by atoms with van der Waals surface area (Å²) >= 11 is 0.